The number of fused-ring (bicyclic) bond motifs is 3. The van der Waals surface area contributed by atoms with E-state index >= 15 is 0 Å². The molecule has 4 rings (SSSR count). The van der Waals surface area contributed by atoms with Gasteiger partial charge in [-0.05, 0) is 24.3 Å². The van der Waals surface area contributed by atoms with Gasteiger partial charge in [-0.15, -0.1) is 15.4 Å². The van der Waals surface area contributed by atoms with Gasteiger partial charge >= 0.3 is 6.18 Å². The Morgan fingerprint density at radius 2 is 1.93 bits per heavy atom. The van der Waals surface area contributed by atoms with E-state index in [4.69, 9.17) is 16.4 Å². The van der Waals surface area contributed by atoms with Gasteiger partial charge in [-0.1, -0.05) is 29.8 Å². The minimum atomic E-state index is -4.51. The number of rotatable bonds is 4. The summed E-state index contributed by atoms with van der Waals surface area (Å²) in [4.78, 5) is 9.48. The lowest BCUT2D eigenvalue weighted by Crippen LogP contribution is -2.13. The summed E-state index contributed by atoms with van der Waals surface area (Å²) in [5, 5.41) is 11.9. The van der Waals surface area contributed by atoms with Gasteiger partial charge in [0, 0.05) is 22.9 Å². The minimum absolute atomic E-state index is 0.0433. The first-order valence-corrected chi connectivity index (χ1v) is 8.80. The zero-order valence-corrected chi connectivity index (χ0v) is 15.6. The van der Waals surface area contributed by atoms with Crippen LogP contribution in [0.1, 0.15) is 28.3 Å². The largest absolute Gasteiger partial charge is 0.416 e. The van der Waals surface area contributed by atoms with Crippen molar-refractivity contribution in [3.05, 3.63) is 75.8 Å². The molecule has 0 bridgehead atoms. The maximum absolute atomic E-state index is 13.4. The van der Waals surface area contributed by atoms with Crippen molar-refractivity contribution in [2.45, 2.75) is 19.3 Å². The fourth-order valence-corrected chi connectivity index (χ4v) is 3.37. The van der Waals surface area contributed by atoms with E-state index in [-0.39, 0.29) is 18.7 Å². The highest BCUT2D eigenvalue weighted by Gasteiger charge is 2.33. The van der Waals surface area contributed by atoms with Crippen molar-refractivity contribution in [1.82, 2.24) is 14.8 Å². The van der Waals surface area contributed by atoms with Gasteiger partial charge in [0.05, 0.1) is 17.0 Å². The first-order valence-electron chi connectivity index (χ1n) is 8.42. The molecule has 0 saturated heterocycles. The number of halogens is 4. The molecule has 29 heavy (non-hydrogen) atoms. The smallest absolute Gasteiger partial charge is 0.388 e. The van der Waals surface area contributed by atoms with Crippen molar-refractivity contribution < 1.29 is 18.0 Å². The van der Waals surface area contributed by atoms with Gasteiger partial charge in [-0.25, -0.2) is 0 Å². The van der Waals surface area contributed by atoms with Gasteiger partial charge < -0.3 is 4.84 Å². The zero-order chi connectivity index (χ0) is 20.6. The fraction of sp³-hybridized carbons (Fsp3) is 0.158. The summed E-state index contributed by atoms with van der Waals surface area (Å²) in [7, 11) is 0. The first-order chi connectivity index (χ1) is 13.9. The van der Waals surface area contributed by atoms with Crippen molar-refractivity contribution in [3.63, 3.8) is 0 Å². The Hall–Kier alpha value is -3.20. The Bertz CT molecular complexity index is 1120. The molecule has 0 saturated carbocycles. The van der Waals surface area contributed by atoms with Crippen LogP contribution in [0.25, 0.3) is 5.69 Å². The number of aromatic nitrogens is 3. The normalized spacial score (nSPS) is 13.2. The van der Waals surface area contributed by atoms with Gasteiger partial charge in [0.15, 0.2) is 18.3 Å². The Kier molecular flexibility index (Phi) is 4.83. The number of benzene rings is 2. The molecule has 1 aromatic heterocycles. The van der Waals surface area contributed by atoms with Crippen molar-refractivity contribution in [3.8, 4) is 5.69 Å². The van der Waals surface area contributed by atoms with E-state index in [0.717, 1.165) is 12.1 Å². The lowest BCUT2D eigenvalue weighted by molar-refractivity contribution is -0.137. The lowest BCUT2D eigenvalue weighted by atomic mass is 9.98. The number of hydrogen-bond donors (Lipinski definition) is 0. The monoisotopic (exact) mass is 419 g/mol. The van der Waals surface area contributed by atoms with E-state index in [9.17, 15) is 13.2 Å². The summed E-state index contributed by atoms with van der Waals surface area (Å²) < 4.78 is 41.9. The molecular weight excluding hydrogens is 407 g/mol. The summed E-state index contributed by atoms with van der Waals surface area (Å²) in [6, 6.07) is 10.3. The van der Waals surface area contributed by atoms with E-state index in [1.807, 2.05) is 0 Å². The second kappa shape index (κ2) is 7.32. The van der Waals surface area contributed by atoms with E-state index in [1.165, 1.54) is 6.07 Å². The number of oxime groups is 1. The average Bonchev–Trinajstić information content (AvgIpc) is 3.02. The summed E-state index contributed by atoms with van der Waals surface area (Å²) in [5.74, 6) is 0.819. The molecular formula is C19H13ClF3N5O. The quantitative estimate of drug-likeness (QED) is 0.464. The highest BCUT2D eigenvalue weighted by Crippen LogP contribution is 2.35. The highest BCUT2D eigenvalue weighted by molar-refractivity contribution is 6.35. The molecule has 10 heteroatoms. The van der Waals surface area contributed by atoms with E-state index < -0.39 is 11.7 Å². The first kappa shape index (κ1) is 19.1. The predicted octanol–water partition coefficient (Wildman–Crippen LogP) is 4.42. The molecule has 0 unspecified atom stereocenters. The SMILES string of the molecule is C=NOCc1nnc2n1-c1ccc(C(F)(F)F)cc1C(c1ccccc1Cl)=NC2. The Balaban J connectivity index is 1.97. The number of aliphatic imine (C=N–C) groups is 1. The van der Waals surface area contributed by atoms with Crippen molar-refractivity contribution in [2.75, 3.05) is 0 Å². The molecule has 0 radical (unpaired) electrons. The van der Waals surface area contributed by atoms with Crippen LogP contribution in [0.4, 0.5) is 13.2 Å². The molecule has 0 spiro atoms. The Labute approximate surface area is 168 Å². The van der Waals surface area contributed by atoms with Crippen molar-refractivity contribution in [2.24, 2.45) is 10.1 Å². The average molecular weight is 420 g/mol. The van der Waals surface area contributed by atoms with E-state index in [0.29, 0.717) is 33.6 Å². The van der Waals surface area contributed by atoms with Crippen LogP contribution in [0.5, 0.6) is 0 Å². The second-order valence-corrected chi connectivity index (χ2v) is 6.55. The third-order valence-corrected chi connectivity index (χ3v) is 4.74. The van der Waals surface area contributed by atoms with Crippen LogP contribution in [0.15, 0.2) is 52.6 Å². The third kappa shape index (κ3) is 3.49. The molecule has 2 aromatic carbocycles. The standard InChI is InChI=1S/C19H13ClF3N5O/c1-24-29-10-17-27-26-16-9-25-18(12-4-2-3-5-14(12)20)13-8-11(19(21,22)23)6-7-15(13)28(16)17/h2-8H,1,9-10H2. The van der Waals surface area contributed by atoms with Gasteiger partial charge in [0.1, 0.15) is 6.54 Å². The van der Waals surface area contributed by atoms with Crippen LogP contribution < -0.4 is 0 Å². The summed E-state index contributed by atoms with van der Waals surface area (Å²) in [6.07, 6.45) is -4.51. The summed E-state index contributed by atoms with van der Waals surface area (Å²) >= 11 is 6.31. The van der Waals surface area contributed by atoms with Crippen LogP contribution in [0, 0.1) is 0 Å². The van der Waals surface area contributed by atoms with E-state index in [2.05, 4.69) is 27.1 Å². The number of nitrogens with zero attached hydrogens (tertiary/aromatic N) is 5. The zero-order valence-electron chi connectivity index (χ0n) is 14.8. The predicted molar refractivity (Wildman–Crippen MR) is 101 cm³/mol. The summed E-state index contributed by atoms with van der Waals surface area (Å²) in [5.41, 5.74) is 0.782. The van der Waals surface area contributed by atoms with Gasteiger partial charge in [0.2, 0.25) is 0 Å². The van der Waals surface area contributed by atoms with Gasteiger partial charge in [0.25, 0.3) is 0 Å². The molecule has 0 N–H and O–H groups in total. The topological polar surface area (TPSA) is 64.7 Å². The number of alkyl halides is 3. The van der Waals surface area contributed by atoms with Crippen molar-refractivity contribution in [1.29, 1.82) is 0 Å². The van der Waals surface area contributed by atoms with Crippen LogP contribution >= 0.6 is 11.6 Å². The molecule has 148 valence electrons. The second-order valence-electron chi connectivity index (χ2n) is 6.14. The maximum atomic E-state index is 13.4. The van der Waals surface area contributed by atoms with Crippen LogP contribution in [0.2, 0.25) is 5.02 Å². The molecule has 0 fully saturated rings. The van der Waals surface area contributed by atoms with Crippen molar-refractivity contribution >= 4 is 24.0 Å². The van der Waals surface area contributed by atoms with Gasteiger partial charge in [-0.3, -0.25) is 9.56 Å². The lowest BCUT2D eigenvalue weighted by Gasteiger charge is -2.16. The molecule has 1 aliphatic heterocycles. The molecule has 0 aliphatic carbocycles. The molecule has 3 aromatic rings. The molecule has 0 amide bonds. The molecule has 0 atom stereocenters. The van der Waals surface area contributed by atoms with E-state index in [1.54, 1.807) is 28.8 Å². The third-order valence-electron chi connectivity index (χ3n) is 4.41. The maximum Gasteiger partial charge on any atom is 0.416 e. The summed E-state index contributed by atoms with van der Waals surface area (Å²) in [6.45, 7) is 3.30. The van der Waals surface area contributed by atoms with Crippen LogP contribution in [-0.4, -0.2) is 27.2 Å². The molecule has 6 nitrogen and oxygen atoms in total. The van der Waals surface area contributed by atoms with Gasteiger partial charge in [-0.2, -0.15) is 13.2 Å². The highest BCUT2D eigenvalue weighted by atomic mass is 35.5. The molecule has 1 aliphatic rings. The fourth-order valence-electron chi connectivity index (χ4n) is 3.15. The molecule has 2 heterocycles. The number of hydrogen-bond acceptors (Lipinski definition) is 5. The van der Waals surface area contributed by atoms with Crippen LogP contribution in [0.3, 0.4) is 0 Å². The Morgan fingerprint density at radius 3 is 2.66 bits per heavy atom. The van der Waals surface area contributed by atoms with Crippen LogP contribution in [-0.2, 0) is 24.2 Å². The minimum Gasteiger partial charge on any atom is -0.388 e. The Morgan fingerprint density at radius 1 is 1.14 bits per heavy atom.